The second kappa shape index (κ2) is 6.04. The third-order valence-corrected chi connectivity index (χ3v) is 3.11. The largest absolute Gasteiger partial charge is 0.478 e. The third kappa shape index (κ3) is 3.09. The van der Waals surface area contributed by atoms with Crippen LogP contribution < -0.4 is 5.32 Å². The first-order chi connectivity index (χ1) is 10.4. The zero-order valence-electron chi connectivity index (χ0n) is 11.6. The Hall–Kier alpha value is -3.22. The van der Waals surface area contributed by atoms with Gasteiger partial charge in [0.2, 0.25) is 0 Å². The average molecular weight is 300 g/mol. The quantitative estimate of drug-likeness (QED) is 0.666. The van der Waals surface area contributed by atoms with E-state index in [9.17, 15) is 19.7 Å². The van der Waals surface area contributed by atoms with E-state index in [1.54, 1.807) is 0 Å². The highest BCUT2D eigenvalue weighted by atomic mass is 16.6. The van der Waals surface area contributed by atoms with Crippen molar-refractivity contribution in [1.29, 1.82) is 0 Å². The van der Waals surface area contributed by atoms with E-state index in [1.807, 2.05) is 0 Å². The molecule has 2 aromatic carbocycles. The van der Waals surface area contributed by atoms with Crippen LogP contribution in [0.15, 0.2) is 42.5 Å². The number of carboxylic acids is 1. The number of carbonyl (C=O) groups excluding carboxylic acids is 1. The Kier molecular flexibility index (Phi) is 4.17. The molecule has 0 atom stereocenters. The molecule has 2 N–H and O–H groups in total. The van der Waals surface area contributed by atoms with Gasteiger partial charge in [0.15, 0.2) is 0 Å². The number of nitro benzene ring substituents is 1. The van der Waals surface area contributed by atoms with Crippen molar-refractivity contribution in [2.75, 3.05) is 5.32 Å². The summed E-state index contributed by atoms with van der Waals surface area (Å²) in [6.45, 7) is 1.49. The summed E-state index contributed by atoms with van der Waals surface area (Å²) in [5, 5.41) is 22.3. The van der Waals surface area contributed by atoms with Crippen molar-refractivity contribution in [3.8, 4) is 0 Å². The lowest BCUT2D eigenvalue weighted by Gasteiger charge is -2.08. The Bertz CT molecular complexity index is 770. The standard InChI is InChI=1S/C15H12N2O5/c1-9-12(6-3-7-13(9)17(21)22)14(18)16-11-5-2-4-10(8-11)15(19)20/h2-8H,1H3,(H,16,18)(H,19,20). The van der Waals surface area contributed by atoms with Crippen LogP contribution in [-0.2, 0) is 0 Å². The molecule has 0 aromatic heterocycles. The maximum absolute atomic E-state index is 12.2. The molecule has 0 spiro atoms. The molecule has 0 heterocycles. The molecule has 2 rings (SSSR count). The summed E-state index contributed by atoms with van der Waals surface area (Å²) in [5.74, 6) is -1.65. The van der Waals surface area contributed by atoms with Crippen molar-refractivity contribution in [3.63, 3.8) is 0 Å². The van der Waals surface area contributed by atoms with Crippen molar-refractivity contribution >= 4 is 23.3 Å². The summed E-state index contributed by atoms with van der Waals surface area (Å²) >= 11 is 0. The predicted molar refractivity (Wildman–Crippen MR) is 79.2 cm³/mol. The SMILES string of the molecule is Cc1c(C(=O)Nc2cccc(C(=O)O)c2)cccc1[N+](=O)[O-]. The number of anilines is 1. The topological polar surface area (TPSA) is 110 Å². The lowest BCUT2D eigenvalue weighted by Crippen LogP contribution is -2.14. The molecule has 0 saturated heterocycles. The fourth-order valence-electron chi connectivity index (χ4n) is 2.00. The number of benzene rings is 2. The maximum atomic E-state index is 12.2. The molecule has 0 radical (unpaired) electrons. The molecule has 0 aliphatic carbocycles. The van der Waals surface area contributed by atoms with Gasteiger partial charge in [0.1, 0.15) is 0 Å². The van der Waals surface area contributed by atoms with Crippen LogP contribution in [0.4, 0.5) is 11.4 Å². The van der Waals surface area contributed by atoms with Crippen molar-refractivity contribution in [2.45, 2.75) is 6.92 Å². The monoisotopic (exact) mass is 300 g/mol. The van der Waals surface area contributed by atoms with Crippen LogP contribution in [-0.4, -0.2) is 21.9 Å². The Morgan fingerprint density at radius 1 is 1.18 bits per heavy atom. The molecule has 112 valence electrons. The van der Waals surface area contributed by atoms with Crippen LogP contribution in [0.5, 0.6) is 0 Å². The number of hydrogen-bond donors (Lipinski definition) is 2. The van der Waals surface area contributed by atoms with Crippen LogP contribution in [0.1, 0.15) is 26.3 Å². The minimum Gasteiger partial charge on any atom is -0.478 e. The van der Waals surface area contributed by atoms with E-state index in [-0.39, 0.29) is 22.4 Å². The second-order valence-corrected chi connectivity index (χ2v) is 4.55. The first-order valence-electron chi connectivity index (χ1n) is 6.29. The van der Waals surface area contributed by atoms with Crippen LogP contribution in [0.3, 0.4) is 0 Å². The number of amides is 1. The first kappa shape index (κ1) is 15.2. The van der Waals surface area contributed by atoms with E-state index < -0.39 is 16.8 Å². The molecule has 22 heavy (non-hydrogen) atoms. The van der Waals surface area contributed by atoms with Gasteiger partial charge in [-0.2, -0.15) is 0 Å². The molecule has 1 amide bonds. The molecule has 0 unspecified atom stereocenters. The fourth-order valence-corrected chi connectivity index (χ4v) is 2.00. The molecule has 0 aliphatic heterocycles. The Balaban J connectivity index is 2.30. The lowest BCUT2D eigenvalue weighted by molar-refractivity contribution is -0.385. The number of nitrogens with one attached hydrogen (secondary N) is 1. The number of aromatic carboxylic acids is 1. The summed E-state index contributed by atoms with van der Waals surface area (Å²) < 4.78 is 0. The zero-order chi connectivity index (χ0) is 16.3. The summed E-state index contributed by atoms with van der Waals surface area (Å²) in [5.41, 5.74) is 0.602. The van der Waals surface area contributed by atoms with Gasteiger partial charge in [0, 0.05) is 22.9 Å². The maximum Gasteiger partial charge on any atom is 0.335 e. The van der Waals surface area contributed by atoms with E-state index in [1.165, 1.54) is 49.4 Å². The van der Waals surface area contributed by atoms with E-state index in [4.69, 9.17) is 5.11 Å². The average Bonchev–Trinajstić information content (AvgIpc) is 2.47. The highest BCUT2D eigenvalue weighted by molar-refractivity contribution is 6.06. The van der Waals surface area contributed by atoms with Gasteiger partial charge in [0.05, 0.1) is 10.5 Å². The normalized spacial score (nSPS) is 10.0. The minimum absolute atomic E-state index is 0.0357. The molecule has 7 nitrogen and oxygen atoms in total. The van der Waals surface area contributed by atoms with Crippen molar-refractivity contribution in [3.05, 3.63) is 69.3 Å². The molecule has 2 aromatic rings. The van der Waals surface area contributed by atoms with Gasteiger partial charge < -0.3 is 10.4 Å². The summed E-state index contributed by atoms with van der Waals surface area (Å²) in [4.78, 5) is 33.4. The zero-order valence-corrected chi connectivity index (χ0v) is 11.6. The Morgan fingerprint density at radius 2 is 1.86 bits per heavy atom. The molecule has 0 saturated carbocycles. The van der Waals surface area contributed by atoms with Crippen LogP contribution >= 0.6 is 0 Å². The number of rotatable bonds is 4. The van der Waals surface area contributed by atoms with Crippen LogP contribution in [0.25, 0.3) is 0 Å². The fraction of sp³-hybridized carbons (Fsp3) is 0.0667. The molecule has 0 fully saturated rings. The summed E-state index contributed by atoms with van der Waals surface area (Å²) in [6, 6.07) is 9.96. The van der Waals surface area contributed by atoms with Crippen LogP contribution in [0, 0.1) is 17.0 Å². The smallest absolute Gasteiger partial charge is 0.335 e. The first-order valence-corrected chi connectivity index (χ1v) is 6.29. The van der Waals surface area contributed by atoms with Crippen molar-refractivity contribution < 1.29 is 19.6 Å². The van der Waals surface area contributed by atoms with E-state index >= 15 is 0 Å². The van der Waals surface area contributed by atoms with E-state index in [0.29, 0.717) is 5.69 Å². The number of carboxylic acid groups (broad SMARTS) is 1. The highest BCUT2D eigenvalue weighted by Crippen LogP contribution is 2.22. The number of nitro groups is 1. The molecule has 0 aliphatic rings. The Morgan fingerprint density at radius 3 is 2.50 bits per heavy atom. The predicted octanol–water partition coefficient (Wildman–Crippen LogP) is 2.85. The van der Waals surface area contributed by atoms with Gasteiger partial charge in [-0.25, -0.2) is 4.79 Å². The van der Waals surface area contributed by atoms with Gasteiger partial charge >= 0.3 is 5.97 Å². The van der Waals surface area contributed by atoms with E-state index in [2.05, 4.69) is 5.32 Å². The summed E-state index contributed by atoms with van der Waals surface area (Å²) in [6.07, 6.45) is 0. The third-order valence-electron chi connectivity index (χ3n) is 3.11. The van der Waals surface area contributed by atoms with Crippen molar-refractivity contribution in [2.24, 2.45) is 0 Å². The molecule has 7 heteroatoms. The van der Waals surface area contributed by atoms with Gasteiger partial charge in [-0.3, -0.25) is 14.9 Å². The van der Waals surface area contributed by atoms with E-state index in [0.717, 1.165) is 0 Å². The van der Waals surface area contributed by atoms with Gasteiger partial charge in [-0.15, -0.1) is 0 Å². The Labute approximate surface area is 125 Å². The molecule has 0 bridgehead atoms. The lowest BCUT2D eigenvalue weighted by atomic mass is 10.1. The van der Waals surface area contributed by atoms with Gasteiger partial charge in [-0.05, 0) is 31.2 Å². The molecular formula is C15H12N2O5. The number of carbonyl (C=O) groups is 2. The molecular weight excluding hydrogens is 288 g/mol. The van der Waals surface area contributed by atoms with Crippen molar-refractivity contribution in [1.82, 2.24) is 0 Å². The minimum atomic E-state index is -1.11. The summed E-state index contributed by atoms with van der Waals surface area (Å²) in [7, 11) is 0. The van der Waals surface area contributed by atoms with Gasteiger partial charge in [-0.1, -0.05) is 12.1 Å². The second-order valence-electron chi connectivity index (χ2n) is 4.55. The highest BCUT2D eigenvalue weighted by Gasteiger charge is 2.18. The number of hydrogen-bond acceptors (Lipinski definition) is 4. The van der Waals surface area contributed by atoms with Gasteiger partial charge in [0.25, 0.3) is 11.6 Å². The number of nitrogens with zero attached hydrogens (tertiary/aromatic N) is 1. The van der Waals surface area contributed by atoms with Crippen LogP contribution in [0.2, 0.25) is 0 Å².